The number of ether oxygens (including phenoxy) is 1. The Hall–Kier alpha value is -1.62. The zero-order chi connectivity index (χ0) is 15.9. The topological polar surface area (TPSA) is 55.6 Å². The standard InChI is InChI=1S/C16H25FN2O2/c1-4-21-15(20)16(2,18)11-5-6-12-19(3)14-9-7-13(17)8-10-14/h7-10H,4-6,11-12,18H2,1-3H3. The molecule has 0 saturated carbocycles. The van der Waals surface area contributed by atoms with Crippen LogP contribution in [0.1, 0.15) is 33.1 Å². The third-order valence-corrected chi connectivity index (χ3v) is 3.45. The van der Waals surface area contributed by atoms with Crippen LogP contribution in [0.5, 0.6) is 0 Å². The van der Waals surface area contributed by atoms with E-state index >= 15 is 0 Å². The minimum atomic E-state index is -0.926. The molecule has 0 saturated heterocycles. The molecule has 2 N–H and O–H groups in total. The molecule has 1 aromatic carbocycles. The molecular formula is C16H25FN2O2. The van der Waals surface area contributed by atoms with Crippen LogP contribution in [0, 0.1) is 5.82 Å². The number of halogens is 1. The van der Waals surface area contributed by atoms with Gasteiger partial charge in [0, 0.05) is 19.3 Å². The predicted octanol–water partition coefficient (Wildman–Crippen LogP) is 2.71. The molecule has 0 heterocycles. The molecule has 0 aliphatic carbocycles. The minimum absolute atomic E-state index is 0.236. The highest BCUT2D eigenvalue weighted by molar-refractivity contribution is 5.79. The monoisotopic (exact) mass is 296 g/mol. The lowest BCUT2D eigenvalue weighted by atomic mass is 9.96. The number of benzene rings is 1. The lowest BCUT2D eigenvalue weighted by molar-refractivity contribution is -0.149. The van der Waals surface area contributed by atoms with E-state index in [0.29, 0.717) is 13.0 Å². The van der Waals surface area contributed by atoms with Gasteiger partial charge in [-0.3, -0.25) is 4.79 Å². The maximum absolute atomic E-state index is 12.9. The van der Waals surface area contributed by atoms with Crippen LogP contribution in [0.2, 0.25) is 0 Å². The number of esters is 1. The Bertz CT molecular complexity index is 446. The third kappa shape index (κ3) is 5.71. The summed E-state index contributed by atoms with van der Waals surface area (Å²) in [5, 5.41) is 0. The van der Waals surface area contributed by atoms with Crippen LogP contribution < -0.4 is 10.6 Å². The van der Waals surface area contributed by atoms with Gasteiger partial charge in [0.25, 0.3) is 0 Å². The lowest BCUT2D eigenvalue weighted by Gasteiger charge is -2.23. The van der Waals surface area contributed by atoms with Crippen molar-refractivity contribution in [2.75, 3.05) is 25.1 Å². The van der Waals surface area contributed by atoms with Gasteiger partial charge in [-0.1, -0.05) is 0 Å². The lowest BCUT2D eigenvalue weighted by Crippen LogP contribution is -2.46. The second-order valence-electron chi connectivity index (χ2n) is 5.49. The van der Waals surface area contributed by atoms with Gasteiger partial charge in [0.15, 0.2) is 0 Å². The fraction of sp³-hybridized carbons (Fsp3) is 0.562. The van der Waals surface area contributed by atoms with Crippen molar-refractivity contribution in [3.8, 4) is 0 Å². The number of hydrogen-bond donors (Lipinski definition) is 1. The van der Waals surface area contributed by atoms with Gasteiger partial charge in [0.2, 0.25) is 0 Å². The van der Waals surface area contributed by atoms with Gasteiger partial charge in [-0.05, 0) is 57.4 Å². The number of nitrogens with zero attached hydrogens (tertiary/aromatic N) is 1. The Balaban J connectivity index is 2.33. The summed E-state index contributed by atoms with van der Waals surface area (Å²) in [5.41, 5.74) is 6.00. The molecule has 1 atom stereocenters. The molecule has 5 heteroatoms. The van der Waals surface area contributed by atoms with Gasteiger partial charge in [0.05, 0.1) is 6.61 Å². The van der Waals surface area contributed by atoms with Gasteiger partial charge in [-0.2, -0.15) is 0 Å². The second kappa shape index (κ2) is 7.98. The highest BCUT2D eigenvalue weighted by atomic mass is 19.1. The Morgan fingerprint density at radius 1 is 1.33 bits per heavy atom. The van der Waals surface area contributed by atoms with Crippen molar-refractivity contribution < 1.29 is 13.9 Å². The summed E-state index contributed by atoms with van der Waals surface area (Å²) in [7, 11) is 1.96. The van der Waals surface area contributed by atoms with E-state index in [-0.39, 0.29) is 11.8 Å². The van der Waals surface area contributed by atoms with Crippen molar-refractivity contribution in [3.63, 3.8) is 0 Å². The Morgan fingerprint density at radius 2 is 1.95 bits per heavy atom. The molecule has 0 aromatic heterocycles. The summed E-state index contributed by atoms with van der Waals surface area (Å²) >= 11 is 0. The average Bonchev–Trinajstić information content (AvgIpc) is 2.44. The van der Waals surface area contributed by atoms with Gasteiger partial charge < -0.3 is 15.4 Å². The van der Waals surface area contributed by atoms with Gasteiger partial charge in [0.1, 0.15) is 11.4 Å². The minimum Gasteiger partial charge on any atom is -0.465 e. The Labute approximate surface area is 126 Å². The van der Waals surface area contributed by atoms with Crippen LogP contribution in [0.3, 0.4) is 0 Å². The van der Waals surface area contributed by atoms with E-state index in [1.54, 1.807) is 26.0 Å². The average molecular weight is 296 g/mol. The Kier molecular flexibility index (Phi) is 6.62. The molecule has 0 fully saturated rings. The maximum Gasteiger partial charge on any atom is 0.325 e. The first-order chi connectivity index (χ1) is 9.86. The highest BCUT2D eigenvalue weighted by Gasteiger charge is 2.29. The molecule has 0 aliphatic heterocycles. The van der Waals surface area contributed by atoms with E-state index in [1.165, 1.54) is 12.1 Å². The SMILES string of the molecule is CCOC(=O)C(C)(N)CCCCN(C)c1ccc(F)cc1. The third-order valence-electron chi connectivity index (χ3n) is 3.45. The first-order valence-electron chi connectivity index (χ1n) is 7.29. The van der Waals surface area contributed by atoms with Crippen molar-refractivity contribution >= 4 is 11.7 Å². The second-order valence-corrected chi connectivity index (χ2v) is 5.49. The number of rotatable bonds is 8. The fourth-order valence-electron chi connectivity index (χ4n) is 2.06. The van der Waals surface area contributed by atoms with Crippen molar-refractivity contribution in [1.82, 2.24) is 0 Å². The first-order valence-corrected chi connectivity index (χ1v) is 7.29. The van der Waals surface area contributed by atoms with E-state index < -0.39 is 5.54 Å². The molecule has 0 spiro atoms. The smallest absolute Gasteiger partial charge is 0.325 e. The van der Waals surface area contributed by atoms with Crippen molar-refractivity contribution in [1.29, 1.82) is 0 Å². The summed E-state index contributed by atoms with van der Waals surface area (Å²) in [6, 6.07) is 6.40. The molecule has 4 nitrogen and oxygen atoms in total. The molecular weight excluding hydrogens is 271 g/mol. The summed E-state index contributed by atoms with van der Waals surface area (Å²) in [5.74, 6) is -0.586. The predicted molar refractivity (Wildman–Crippen MR) is 82.7 cm³/mol. The van der Waals surface area contributed by atoms with Gasteiger partial charge >= 0.3 is 5.97 Å². The number of carbonyl (C=O) groups is 1. The van der Waals surface area contributed by atoms with Crippen LogP contribution in [-0.2, 0) is 9.53 Å². The zero-order valence-electron chi connectivity index (χ0n) is 13.1. The molecule has 0 aliphatic rings. The summed E-state index contributed by atoms with van der Waals surface area (Å²) < 4.78 is 17.8. The maximum atomic E-state index is 12.9. The molecule has 118 valence electrons. The molecule has 1 aromatic rings. The van der Waals surface area contributed by atoms with E-state index in [0.717, 1.165) is 25.1 Å². The molecule has 21 heavy (non-hydrogen) atoms. The van der Waals surface area contributed by atoms with E-state index in [4.69, 9.17) is 10.5 Å². The number of unbranched alkanes of at least 4 members (excludes halogenated alkanes) is 1. The summed E-state index contributed by atoms with van der Waals surface area (Å²) in [6.07, 6.45) is 2.32. The fourth-order valence-corrected chi connectivity index (χ4v) is 2.06. The number of anilines is 1. The molecule has 1 rings (SSSR count). The summed E-state index contributed by atoms with van der Waals surface area (Å²) in [6.45, 7) is 4.64. The molecule has 0 bridgehead atoms. The van der Waals surface area contributed by atoms with Crippen LogP contribution in [0.4, 0.5) is 10.1 Å². The highest BCUT2D eigenvalue weighted by Crippen LogP contribution is 2.16. The molecule has 0 radical (unpaired) electrons. The van der Waals surface area contributed by atoms with Crippen LogP contribution in [-0.4, -0.2) is 31.7 Å². The zero-order valence-corrected chi connectivity index (χ0v) is 13.1. The van der Waals surface area contributed by atoms with Crippen LogP contribution in [0.25, 0.3) is 0 Å². The normalized spacial score (nSPS) is 13.6. The van der Waals surface area contributed by atoms with Crippen molar-refractivity contribution in [3.05, 3.63) is 30.1 Å². The molecule has 0 amide bonds. The van der Waals surface area contributed by atoms with Crippen molar-refractivity contribution in [2.24, 2.45) is 5.73 Å². The molecule has 1 unspecified atom stereocenters. The van der Waals surface area contributed by atoms with E-state index in [2.05, 4.69) is 4.90 Å². The number of carbonyl (C=O) groups excluding carboxylic acids is 1. The quantitative estimate of drug-likeness (QED) is 0.592. The van der Waals surface area contributed by atoms with Crippen LogP contribution in [0.15, 0.2) is 24.3 Å². The first kappa shape index (κ1) is 17.4. The largest absolute Gasteiger partial charge is 0.465 e. The number of hydrogen-bond acceptors (Lipinski definition) is 4. The van der Waals surface area contributed by atoms with E-state index in [1.807, 2.05) is 7.05 Å². The van der Waals surface area contributed by atoms with Gasteiger partial charge in [-0.15, -0.1) is 0 Å². The van der Waals surface area contributed by atoms with Crippen LogP contribution >= 0.6 is 0 Å². The number of nitrogens with two attached hydrogens (primary N) is 1. The Morgan fingerprint density at radius 3 is 2.52 bits per heavy atom. The van der Waals surface area contributed by atoms with Gasteiger partial charge in [-0.25, -0.2) is 4.39 Å². The van der Waals surface area contributed by atoms with E-state index in [9.17, 15) is 9.18 Å². The summed E-state index contributed by atoms with van der Waals surface area (Å²) in [4.78, 5) is 13.7. The van der Waals surface area contributed by atoms with Crippen molar-refractivity contribution in [2.45, 2.75) is 38.6 Å².